The maximum Gasteiger partial charge on any atom is 0.341 e. The molecule has 1 heterocycles. The molecule has 1 aromatic rings. The lowest BCUT2D eigenvalue weighted by Gasteiger charge is -2.29. The van der Waals surface area contributed by atoms with Crippen molar-refractivity contribution in [1.29, 1.82) is 0 Å². The van der Waals surface area contributed by atoms with Crippen LogP contribution in [-0.4, -0.2) is 15.6 Å². The van der Waals surface area contributed by atoms with E-state index < -0.39 is 5.97 Å². The number of hydrogen-bond acceptors (Lipinski definition) is 2. The second-order valence-electron chi connectivity index (χ2n) is 4.41. The van der Waals surface area contributed by atoms with Crippen LogP contribution in [-0.2, 0) is 0 Å². The Balaban J connectivity index is 2.65. The molecule has 1 aliphatic carbocycles. The van der Waals surface area contributed by atoms with Crippen LogP contribution in [0.25, 0.3) is 0 Å². The first-order valence-electron chi connectivity index (χ1n) is 5.48. The van der Waals surface area contributed by atoms with Crippen LogP contribution in [0.4, 0.5) is 0 Å². The van der Waals surface area contributed by atoms with Gasteiger partial charge < -0.3 is 9.67 Å². The summed E-state index contributed by atoms with van der Waals surface area (Å²) < 4.78 is 1.64. The molecule has 0 aliphatic heterocycles. The van der Waals surface area contributed by atoms with Gasteiger partial charge in [-0.15, -0.1) is 0 Å². The zero-order valence-corrected chi connectivity index (χ0v) is 9.49. The van der Waals surface area contributed by atoms with Crippen molar-refractivity contribution >= 4 is 5.97 Å². The maximum absolute atomic E-state index is 12.1. The summed E-state index contributed by atoms with van der Waals surface area (Å²) in [6.07, 6.45) is 3.07. The van der Waals surface area contributed by atoms with E-state index in [-0.39, 0.29) is 17.2 Å². The van der Waals surface area contributed by atoms with Gasteiger partial charge in [0, 0.05) is 11.7 Å². The molecule has 16 heavy (non-hydrogen) atoms. The average molecular weight is 221 g/mol. The SMILES string of the molecule is Cc1cc(C)n(C2CCC2)c(=O)c1C(=O)O. The fourth-order valence-electron chi connectivity index (χ4n) is 2.26. The number of carboxylic acid groups (broad SMARTS) is 1. The Morgan fingerprint density at radius 2 is 2.06 bits per heavy atom. The summed E-state index contributed by atoms with van der Waals surface area (Å²) in [5.74, 6) is -1.13. The number of pyridine rings is 1. The molecule has 1 fully saturated rings. The number of hydrogen-bond donors (Lipinski definition) is 1. The van der Waals surface area contributed by atoms with Crippen molar-refractivity contribution in [1.82, 2.24) is 4.57 Å². The molecule has 0 atom stereocenters. The standard InChI is InChI=1S/C12H15NO3/c1-7-6-8(2)13(9-4-3-5-9)11(14)10(7)12(15)16/h6,9H,3-5H2,1-2H3,(H,15,16). The van der Waals surface area contributed by atoms with Crippen molar-refractivity contribution in [2.24, 2.45) is 0 Å². The van der Waals surface area contributed by atoms with E-state index in [1.165, 1.54) is 0 Å². The van der Waals surface area contributed by atoms with Gasteiger partial charge in [-0.3, -0.25) is 4.79 Å². The van der Waals surface area contributed by atoms with Crippen molar-refractivity contribution in [3.05, 3.63) is 33.2 Å². The molecule has 1 N–H and O–H groups in total. The summed E-state index contributed by atoms with van der Waals surface area (Å²) in [7, 11) is 0. The molecule has 0 aromatic carbocycles. The van der Waals surface area contributed by atoms with Crippen LogP contribution in [0.3, 0.4) is 0 Å². The number of aromatic carboxylic acids is 1. The molecule has 0 bridgehead atoms. The van der Waals surface area contributed by atoms with Crippen molar-refractivity contribution < 1.29 is 9.90 Å². The Hall–Kier alpha value is -1.58. The zero-order chi connectivity index (χ0) is 11.9. The molecule has 1 saturated carbocycles. The molecule has 0 unspecified atom stereocenters. The number of aryl methyl sites for hydroxylation is 2. The summed E-state index contributed by atoms with van der Waals surface area (Å²) in [5.41, 5.74) is 0.968. The molecule has 0 amide bonds. The molecular formula is C12H15NO3. The molecule has 4 nitrogen and oxygen atoms in total. The van der Waals surface area contributed by atoms with Crippen LogP contribution in [0.15, 0.2) is 10.9 Å². The highest BCUT2D eigenvalue weighted by molar-refractivity contribution is 5.88. The minimum atomic E-state index is -1.13. The van der Waals surface area contributed by atoms with Gasteiger partial charge in [0.05, 0.1) is 0 Å². The van der Waals surface area contributed by atoms with E-state index in [0.29, 0.717) is 5.56 Å². The van der Waals surface area contributed by atoms with Gasteiger partial charge >= 0.3 is 5.97 Å². The Morgan fingerprint density at radius 3 is 2.50 bits per heavy atom. The van der Waals surface area contributed by atoms with Crippen LogP contribution in [0.2, 0.25) is 0 Å². The molecule has 0 radical (unpaired) electrons. The molecule has 1 aliphatic rings. The lowest BCUT2D eigenvalue weighted by molar-refractivity contribution is 0.0692. The summed E-state index contributed by atoms with van der Waals surface area (Å²) in [6.45, 7) is 3.53. The number of aromatic nitrogens is 1. The monoisotopic (exact) mass is 221 g/mol. The Labute approximate surface area is 93.5 Å². The predicted octanol–water partition coefficient (Wildman–Crippen LogP) is 1.89. The number of rotatable bonds is 2. The zero-order valence-electron chi connectivity index (χ0n) is 9.49. The molecule has 86 valence electrons. The van der Waals surface area contributed by atoms with Crippen LogP contribution in [0, 0.1) is 13.8 Å². The number of carboxylic acids is 1. The third-order valence-corrected chi connectivity index (χ3v) is 3.29. The largest absolute Gasteiger partial charge is 0.477 e. The van der Waals surface area contributed by atoms with Gasteiger partial charge in [0.1, 0.15) is 5.56 Å². The second kappa shape index (κ2) is 3.77. The molecule has 1 aromatic heterocycles. The number of nitrogens with zero attached hydrogens (tertiary/aromatic N) is 1. The van der Waals surface area contributed by atoms with E-state index in [1.807, 2.05) is 6.92 Å². The minimum absolute atomic E-state index is 0.0856. The minimum Gasteiger partial charge on any atom is -0.477 e. The molecule has 0 saturated heterocycles. The lowest BCUT2D eigenvalue weighted by atomic mass is 9.92. The smallest absolute Gasteiger partial charge is 0.341 e. The van der Waals surface area contributed by atoms with Gasteiger partial charge in [-0.05, 0) is 44.7 Å². The van der Waals surface area contributed by atoms with Crippen molar-refractivity contribution in [3.63, 3.8) is 0 Å². The topological polar surface area (TPSA) is 59.3 Å². The fraction of sp³-hybridized carbons (Fsp3) is 0.500. The van der Waals surface area contributed by atoms with E-state index in [9.17, 15) is 9.59 Å². The highest BCUT2D eigenvalue weighted by Crippen LogP contribution is 2.31. The summed E-state index contributed by atoms with van der Waals surface area (Å²) in [6, 6.07) is 1.98. The van der Waals surface area contributed by atoms with Gasteiger partial charge in [-0.25, -0.2) is 4.79 Å². The van der Waals surface area contributed by atoms with E-state index in [2.05, 4.69) is 0 Å². The lowest BCUT2D eigenvalue weighted by Crippen LogP contribution is -2.34. The quantitative estimate of drug-likeness (QED) is 0.829. The van der Waals surface area contributed by atoms with Crippen LogP contribution >= 0.6 is 0 Å². The van der Waals surface area contributed by atoms with Crippen LogP contribution in [0.1, 0.15) is 46.9 Å². The number of carbonyl (C=O) groups is 1. The van der Waals surface area contributed by atoms with E-state index in [0.717, 1.165) is 25.0 Å². The molecule has 0 spiro atoms. The predicted molar refractivity (Wildman–Crippen MR) is 60.0 cm³/mol. The normalized spacial score (nSPS) is 15.9. The molecule has 2 rings (SSSR count). The highest BCUT2D eigenvalue weighted by Gasteiger charge is 2.25. The Kier molecular flexibility index (Phi) is 2.58. The maximum atomic E-state index is 12.1. The van der Waals surface area contributed by atoms with E-state index >= 15 is 0 Å². The Morgan fingerprint density at radius 1 is 1.44 bits per heavy atom. The van der Waals surface area contributed by atoms with Crippen molar-refractivity contribution in [2.75, 3.05) is 0 Å². The third kappa shape index (κ3) is 1.54. The fourth-order valence-corrected chi connectivity index (χ4v) is 2.26. The molecular weight excluding hydrogens is 206 g/mol. The van der Waals surface area contributed by atoms with Crippen molar-refractivity contribution in [2.45, 2.75) is 39.2 Å². The van der Waals surface area contributed by atoms with Gasteiger partial charge in [0.2, 0.25) is 0 Å². The first kappa shape index (κ1) is 10.9. The van der Waals surface area contributed by atoms with Gasteiger partial charge in [0.15, 0.2) is 0 Å². The average Bonchev–Trinajstić information content (AvgIpc) is 2.07. The van der Waals surface area contributed by atoms with Gasteiger partial charge in [-0.1, -0.05) is 0 Å². The van der Waals surface area contributed by atoms with Crippen molar-refractivity contribution in [3.8, 4) is 0 Å². The third-order valence-electron chi connectivity index (χ3n) is 3.29. The summed E-state index contributed by atoms with van der Waals surface area (Å²) >= 11 is 0. The first-order chi connectivity index (χ1) is 7.52. The second-order valence-corrected chi connectivity index (χ2v) is 4.41. The summed E-state index contributed by atoms with van der Waals surface area (Å²) in [4.78, 5) is 23.1. The van der Waals surface area contributed by atoms with Gasteiger partial charge in [-0.2, -0.15) is 0 Å². The van der Waals surface area contributed by atoms with Crippen LogP contribution in [0.5, 0.6) is 0 Å². The summed E-state index contributed by atoms with van der Waals surface area (Å²) in [5, 5.41) is 9.02. The van der Waals surface area contributed by atoms with Gasteiger partial charge in [0.25, 0.3) is 5.56 Å². The van der Waals surface area contributed by atoms with E-state index in [4.69, 9.17) is 5.11 Å². The molecule has 4 heteroatoms. The first-order valence-corrected chi connectivity index (χ1v) is 5.48. The highest BCUT2D eigenvalue weighted by atomic mass is 16.4. The van der Waals surface area contributed by atoms with E-state index in [1.54, 1.807) is 17.6 Å². The Bertz CT molecular complexity index is 498. The van der Waals surface area contributed by atoms with Crippen LogP contribution < -0.4 is 5.56 Å².